The molecule has 0 spiro atoms. The van der Waals surface area contributed by atoms with E-state index >= 15 is 0 Å². The predicted molar refractivity (Wildman–Crippen MR) is 59.9 cm³/mol. The van der Waals surface area contributed by atoms with Gasteiger partial charge in [0.2, 0.25) is 0 Å². The summed E-state index contributed by atoms with van der Waals surface area (Å²) in [6.07, 6.45) is 2.47. The van der Waals surface area contributed by atoms with Crippen LogP contribution < -0.4 is 0 Å². The van der Waals surface area contributed by atoms with Crippen LogP contribution in [-0.2, 0) is 4.79 Å². The number of likely N-dealkylation sites (N-methyl/N-ethyl adjacent to an activating group) is 1. The van der Waals surface area contributed by atoms with Crippen molar-refractivity contribution in [2.24, 2.45) is 5.92 Å². The van der Waals surface area contributed by atoms with Crippen LogP contribution >= 0.6 is 0 Å². The lowest BCUT2D eigenvalue weighted by Crippen LogP contribution is -2.38. The van der Waals surface area contributed by atoms with E-state index < -0.39 is 5.97 Å². The average molecular weight is 214 g/mol. The average Bonchev–Trinajstić information content (AvgIpc) is 2.94. The van der Waals surface area contributed by atoms with Gasteiger partial charge >= 0.3 is 5.97 Å². The summed E-state index contributed by atoms with van der Waals surface area (Å²) >= 11 is 0. The van der Waals surface area contributed by atoms with Crippen LogP contribution in [0.2, 0.25) is 0 Å². The van der Waals surface area contributed by atoms with E-state index in [2.05, 4.69) is 9.80 Å². The topological polar surface area (TPSA) is 43.8 Å². The molecule has 0 saturated heterocycles. The Morgan fingerprint density at radius 2 is 2.00 bits per heavy atom. The number of carboxylic acid groups (broad SMARTS) is 1. The van der Waals surface area contributed by atoms with E-state index in [-0.39, 0.29) is 5.92 Å². The van der Waals surface area contributed by atoms with E-state index in [4.69, 9.17) is 5.11 Å². The van der Waals surface area contributed by atoms with Crippen molar-refractivity contribution < 1.29 is 9.90 Å². The summed E-state index contributed by atoms with van der Waals surface area (Å²) in [5, 5.41) is 8.87. The molecule has 0 aliphatic heterocycles. The molecule has 4 nitrogen and oxygen atoms in total. The fourth-order valence-electron chi connectivity index (χ4n) is 1.62. The second kappa shape index (κ2) is 5.47. The molecule has 0 heterocycles. The van der Waals surface area contributed by atoms with Crippen LogP contribution in [-0.4, -0.2) is 60.6 Å². The highest BCUT2D eigenvalue weighted by Crippen LogP contribution is 2.27. The molecule has 1 N–H and O–H groups in total. The molecule has 0 amide bonds. The number of hydrogen-bond donors (Lipinski definition) is 1. The van der Waals surface area contributed by atoms with Crippen molar-refractivity contribution in [2.45, 2.75) is 25.8 Å². The Hall–Kier alpha value is -0.610. The Morgan fingerprint density at radius 3 is 2.40 bits per heavy atom. The zero-order valence-electron chi connectivity index (χ0n) is 9.94. The first kappa shape index (κ1) is 12.5. The maximum Gasteiger partial charge on any atom is 0.307 e. The summed E-state index contributed by atoms with van der Waals surface area (Å²) in [4.78, 5) is 15.2. The van der Waals surface area contributed by atoms with Gasteiger partial charge in [0.15, 0.2) is 0 Å². The summed E-state index contributed by atoms with van der Waals surface area (Å²) in [7, 11) is 4.09. The molecule has 1 rings (SSSR count). The fourth-order valence-corrected chi connectivity index (χ4v) is 1.62. The minimum absolute atomic E-state index is 0.257. The Kier molecular flexibility index (Phi) is 4.54. The van der Waals surface area contributed by atoms with E-state index in [1.807, 2.05) is 14.1 Å². The maximum absolute atomic E-state index is 10.8. The number of rotatable bonds is 7. The summed E-state index contributed by atoms with van der Waals surface area (Å²) in [5.74, 6) is -0.946. The van der Waals surface area contributed by atoms with Crippen LogP contribution in [0.4, 0.5) is 0 Å². The van der Waals surface area contributed by atoms with Gasteiger partial charge in [0.05, 0.1) is 5.92 Å². The van der Waals surface area contributed by atoms with Gasteiger partial charge in [-0.05, 0) is 26.9 Å². The second-order valence-corrected chi connectivity index (χ2v) is 4.77. The molecule has 0 bridgehead atoms. The Balaban J connectivity index is 2.33. The molecule has 1 atom stereocenters. The Bertz CT molecular complexity index is 215. The molecule has 0 aromatic carbocycles. The van der Waals surface area contributed by atoms with Gasteiger partial charge in [-0.25, -0.2) is 0 Å². The lowest BCUT2D eigenvalue weighted by atomic mass is 10.1. The summed E-state index contributed by atoms with van der Waals surface area (Å²) in [6.45, 7) is 4.46. The highest BCUT2D eigenvalue weighted by Gasteiger charge is 2.30. The molecular weight excluding hydrogens is 192 g/mol. The van der Waals surface area contributed by atoms with Gasteiger partial charge in [0.1, 0.15) is 0 Å². The van der Waals surface area contributed by atoms with Crippen molar-refractivity contribution in [3.05, 3.63) is 0 Å². The van der Waals surface area contributed by atoms with Crippen molar-refractivity contribution >= 4 is 5.97 Å². The summed E-state index contributed by atoms with van der Waals surface area (Å²) in [5.41, 5.74) is 0. The van der Waals surface area contributed by atoms with Gasteiger partial charge in [-0.15, -0.1) is 0 Å². The summed E-state index contributed by atoms with van der Waals surface area (Å²) < 4.78 is 0. The third-order valence-electron chi connectivity index (χ3n) is 2.83. The lowest BCUT2D eigenvalue weighted by Gasteiger charge is -2.25. The van der Waals surface area contributed by atoms with Crippen molar-refractivity contribution in [2.75, 3.05) is 33.7 Å². The van der Waals surface area contributed by atoms with E-state index in [1.165, 1.54) is 12.8 Å². The number of aliphatic carboxylic acids is 1. The van der Waals surface area contributed by atoms with Crippen LogP contribution in [0.5, 0.6) is 0 Å². The lowest BCUT2D eigenvalue weighted by molar-refractivity contribution is -0.141. The molecule has 0 radical (unpaired) electrons. The minimum Gasteiger partial charge on any atom is -0.481 e. The quantitative estimate of drug-likeness (QED) is 0.678. The molecular formula is C11H22N2O2. The van der Waals surface area contributed by atoms with E-state index in [1.54, 1.807) is 6.92 Å². The van der Waals surface area contributed by atoms with Crippen molar-refractivity contribution in [3.63, 3.8) is 0 Å². The molecule has 0 aromatic heterocycles. The van der Waals surface area contributed by atoms with Gasteiger partial charge in [-0.2, -0.15) is 0 Å². The number of nitrogens with zero attached hydrogens (tertiary/aromatic N) is 2. The zero-order valence-corrected chi connectivity index (χ0v) is 9.94. The molecule has 88 valence electrons. The molecule has 1 saturated carbocycles. The Labute approximate surface area is 91.9 Å². The van der Waals surface area contributed by atoms with E-state index in [0.29, 0.717) is 12.6 Å². The molecule has 1 aliphatic rings. The highest BCUT2D eigenvalue weighted by molar-refractivity contribution is 5.69. The van der Waals surface area contributed by atoms with Gasteiger partial charge < -0.3 is 10.0 Å². The standard InChI is InChI=1S/C11H22N2O2/c1-9(11(14)15)8-13(10-4-5-10)7-6-12(2)3/h9-10H,4-8H2,1-3H3,(H,14,15). The number of hydrogen-bond acceptors (Lipinski definition) is 3. The number of carboxylic acids is 1. The minimum atomic E-state index is -0.689. The first-order chi connectivity index (χ1) is 7.00. The maximum atomic E-state index is 10.8. The predicted octanol–water partition coefficient (Wildman–Crippen LogP) is 0.733. The fraction of sp³-hybridized carbons (Fsp3) is 0.909. The highest BCUT2D eigenvalue weighted by atomic mass is 16.4. The van der Waals surface area contributed by atoms with Gasteiger partial charge in [0, 0.05) is 25.7 Å². The van der Waals surface area contributed by atoms with Crippen LogP contribution in [0.1, 0.15) is 19.8 Å². The molecule has 1 fully saturated rings. The smallest absolute Gasteiger partial charge is 0.307 e. The van der Waals surface area contributed by atoms with Crippen LogP contribution in [0.3, 0.4) is 0 Å². The van der Waals surface area contributed by atoms with Crippen molar-refractivity contribution in [1.82, 2.24) is 9.80 Å². The van der Waals surface area contributed by atoms with Gasteiger partial charge in [0.25, 0.3) is 0 Å². The van der Waals surface area contributed by atoms with E-state index in [9.17, 15) is 4.79 Å². The third-order valence-corrected chi connectivity index (χ3v) is 2.83. The largest absolute Gasteiger partial charge is 0.481 e. The molecule has 1 unspecified atom stereocenters. The third kappa shape index (κ3) is 4.62. The molecule has 4 heteroatoms. The second-order valence-electron chi connectivity index (χ2n) is 4.77. The SMILES string of the molecule is CC(CN(CCN(C)C)C1CC1)C(=O)O. The van der Waals surface area contributed by atoms with E-state index in [0.717, 1.165) is 13.1 Å². The zero-order chi connectivity index (χ0) is 11.4. The summed E-state index contributed by atoms with van der Waals surface area (Å²) in [6, 6.07) is 0.645. The van der Waals surface area contributed by atoms with Crippen LogP contribution in [0.25, 0.3) is 0 Å². The molecule has 15 heavy (non-hydrogen) atoms. The monoisotopic (exact) mass is 214 g/mol. The molecule has 0 aromatic rings. The van der Waals surface area contributed by atoms with Crippen LogP contribution in [0.15, 0.2) is 0 Å². The van der Waals surface area contributed by atoms with Gasteiger partial charge in [-0.1, -0.05) is 6.92 Å². The first-order valence-corrected chi connectivity index (χ1v) is 5.62. The first-order valence-electron chi connectivity index (χ1n) is 5.62. The van der Waals surface area contributed by atoms with Crippen molar-refractivity contribution in [1.29, 1.82) is 0 Å². The van der Waals surface area contributed by atoms with Gasteiger partial charge in [-0.3, -0.25) is 9.69 Å². The van der Waals surface area contributed by atoms with Crippen LogP contribution in [0, 0.1) is 5.92 Å². The number of carbonyl (C=O) groups is 1. The van der Waals surface area contributed by atoms with Crippen molar-refractivity contribution in [3.8, 4) is 0 Å². The molecule has 1 aliphatic carbocycles. The normalized spacial score (nSPS) is 18.5. The Morgan fingerprint density at radius 1 is 1.40 bits per heavy atom.